The van der Waals surface area contributed by atoms with E-state index in [1.807, 2.05) is 0 Å². The van der Waals surface area contributed by atoms with Crippen molar-refractivity contribution in [3.05, 3.63) is 35.9 Å². The third-order valence-electron chi connectivity index (χ3n) is 4.07. The van der Waals surface area contributed by atoms with Gasteiger partial charge < -0.3 is 10.0 Å². The van der Waals surface area contributed by atoms with E-state index in [9.17, 15) is 18.0 Å². The van der Waals surface area contributed by atoms with Crippen LogP contribution in [-0.2, 0) is 14.8 Å². The highest BCUT2D eigenvalue weighted by Crippen LogP contribution is 2.24. The molecule has 1 fully saturated rings. The molecule has 7 nitrogen and oxygen atoms in total. The van der Waals surface area contributed by atoms with Gasteiger partial charge in [0.1, 0.15) is 0 Å². The molecule has 1 aromatic carbocycles. The zero-order valence-corrected chi connectivity index (χ0v) is 13.9. The maximum Gasteiger partial charge on any atom is 0.305 e. The summed E-state index contributed by atoms with van der Waals surface area (Å²) in [6.45, 7) is 2.02. The number of rotatable bonds is 4. The zero-order chi connectivity index (χ0) is 17.2. The van der Waals surface area contributed by atoms with E-state index in [2.05, 4.69) is 0 Å². The van der Waals surface area contributed by atoms with Gasteiger partial charge in [0.15, 0.2) is 0 Å². The van der Waals surface area contributed by atoms with Crippen LogP contribution >= 0.6 is 0 Å². The van der Waals surface area contributed by atoms with Gasteiger partial charge in [0.2, 0.25) is 10.0 Å². The third kappa shape index (κ3) is 3.89. The van der Waals surface area contributed by atoms with Crippen molar-refractivity contribution in [1.82, 2.24) is 9.21 Å². The summed E-state index contributed by atoms with van der Waals surface area (Å²) in [5.41, 5.74) is 0.501. The van der Waals surface area contributed by atoms with Gasteiger partial charge in [-0.1, -0.05) is 18.2 Å². The van der Waals surface area contributed by atoms with Gasteiger partial charge in [0.05, 0.1) is 18.7 Å². The van der Waals surface area contributed by atoms with Crippen molar-refractivity contribution in [2.45, 2.75) is 25.4 Å². The van der Waals surface area contributed by atoms with Crippen LogP contribution in [-0.4, -0.2) is 66.0 Å². The van der Waals surface area contributed by atoms with Gasteiger partial charge in [-0.05, 0) is 19.1 Å². The number of hydrogen-bond donors (Lipinski definition) is 1. The van der Waals surface area contributed by atoms with Gasteiger partial charge in [0.25, 0.3) is 5.91 Å². The quantitative estimate of drug-likeness (QED) is 0.868. The van der Waals surface area contributed by atoms with Crippen LogP contribution in [0.2, 0.25) is 0 Å². The molecule has 23 heavy (non-hydrogen) atoms. The van der Waals surface area contributed by atoms with Gasteiger partial charge in [-0.2, -0.15) is 4.31 Å². The van der Waals surface area contributed by atoms with Crippen LogP contribution in [0.5, 0.6) is 0 Å². The molecular formula is C15H20N2O5S. The Balaban J connectivity index is 2.29. The number of piperazine rings is 1. The molecule has 1 amide bonds. The molecule has 126 valence electrons. The Kier molecular flexibility index (Phi) is 5.06. The minimum Gasteiger partial charge on any atom is -0.481 e. The van der Waals surface area contributed by atoms with E-state index in [1.54, 1.807) is 42.2 Å². The first-order valence-electron chi connectivity index (χ1n) is 7.26. The van der Waals surface area contributed by atoms with E-state index in [1.165, 1.54) is 4.31 Å². The molecule has 1 aliphatic rings. The molecule has 1 aliphatic heterocycles. The summed E-state index contributed by atoms with van der Waals surface area (Å²) in [5, 5.41) is 9.08. The summed E-state index contributed by atoms with van der Waals surface area (Å²) < 4.78 is 25.0. The zero-order valence-electron chi connectivity index (χ0n) is 13.0. The van der Waals surface area contributed by atoms with E-state index < -0.39 is 28.1 Å². The summed E-state index contributed by atoms with van der Waals surface area (Å²) in [4.78, 5) is 25.3. The first kappa shape index (κ1) is 17.4. The molecule has 2 atom stereocenters. The second kappa shape index (κ2) is 6.67. The SMILES string of the molecule is C[C@@H]1[C@@H](CC(=O)O)N(S(C)(=O)=O)CCN1C(=O)c1ccccc1. The predicted octanol–water partition coefficient (Wildman–Crippen LogP) is 0.636. The van der Waals surface area contributed by atoms with Gasteiger partial charge in [-0.25, -0.2) is 8.42 Å². The second-order valence-electron chi connectivity index (χ2n) is 5.64. The Labute approximate surface area is 135 Å². The highest BCUT2D eigenvalue weighted by atomic mass is 32.2. The standard InChI is InChI=1S/C15H20N2O5S/c1-11-13(10-14(18)19)17(23(2,21)22)9-8-16(11)15(20)12-6-4-3-5-7-12/h3-7,11,13H,8-10H2,1-2H3,(H,18,19)/t11-,13-/m1/s1. The fourth-order valence-electron chi connectivity index (χ4n) is 2.92. The minimum atomic E-state index is -3.54. The van der Waals surface area contributed by atoms with Crippen LogP contribution in [0.25, 0.3) is 0 Å². The molecule has 8 heteroatoms. The van der Waals surface area contributed by atoms with Crippen molar-refractivity contribution in [1.29, 1.82) is 0 Å². The molecule has 0 aliphatic carbocycles. The Morgan fingerprint density at radius 3 is 2.35 bits per heavy atom. The lowest BCUT2D eigenvalue weighted by Gasteiger charge is -2.44. The summed E-state index contributed by atoms with van der Waals surface area (Å²) in [6, 6.07) is 7.37. The van der Waals surface area contributed by atoms with Crippen LogP contribution in [0.3, 0.4) is 0 Å². The number of benzene rings is 1. The number of carboxylic acid groups (broad SMARTS) is 1. The summed E-state index contributed by atoms with van der Waals surface area (Å²) in [6.07, 6.45) is 0.718. The van der Waals surface area contributed by atoms with E-state index >= 15 is 0 Å². The molecule has 0 spiro atoms. The number of hydrogen-bond acceptors (Lipinski definition) is 4. The topological polar surface area (TPSA) is 95.0 Å². The third-order valence-corrected chi connectivity index (χ3v) is 5.38. The molecule has 0 bridgehead atoms. The minimum absolute atomic E-state index is 0.0969. The lowest BCUT2D eigenvalue weighted by molar-refractivity contribution is -0.138. The first-order chi connectivity index (χ1) is 10.7. The van der Waals surface area contributed by atoms with Crippen molar-refractivity contribution in [3.8, 4) is 0 Å². The fraction of sp³-hybridized carbons (Fsp3) is 0.467. The van der Waals surface area contributed by atoms with E-state index in [4.69, 9.17) is 5.11 Å². The number of carboxylic acids is 1. The Hall–Kier alpha value is -1.93. The molecule has 0 aromatic heterocycles. The van der Waals surface area contributed by atoms with E-state index in [-0.39, 0.29) is 25.4 Å². The Bertz CT molecular complexity index is 689. The summed E-state index contributed by atoms with van der Waals surface area (Å²) in [7, 11) is -3.54. The molecule has 1 heterocycles. The van der Waals surface area contributed by atoms with Crippen molar-refractivity contribution in [3.63, 3.8) is 0 Å². The number of carbonyl (C=O) groups is 2. The molecule has 1 aromatic rings. The highest BCUT2D eigenvalue weighted by Gasteiger charge is 2.41. The molecule has 1 saturated heterocycles. The van der Waals surface area contributed by atoms with Crippen LogP contribution in [0.4, 0.5) is 0 Å². The normalized spacial score (nSPS) is 22.8. The van der Waals surface area contributed by atoms with Crippen LogP contribution in [0.1, 0.15) is 23.7 Å². The molecular weight excluding hydrogens is 320 g/mol. The van der Waals surface area contributed by atoms with Gasteiger partial charge >= 0.3 is 5.97 Å². The van der Waals surface area contributed by atoms with Gasteiger partial charge in [-0.15, -0.1) is 0 Å². The van der Waals surface area contributed by atoms with Gasteiger partial charge in [0, 0.05) is 24.7 Å². The highest BCUT2D eigenvalue weighted by molar-refractivity contribution is 7.88. The van der Waals surface area contributed by atoms with E-state index in [0.29, 0.717) is 5.56 Å². The molecule has 2 rings (SSSR count). The first-order valence-corrected chi connectivity index (χ1v) is 9.11. The molecule has 0 saturated carbocycles. The van der Waals surface area contributed by atoms with Crippen molar-refractivity contribution < 1.29 is 23.1 Å². The van der Waals surface area contributed by atoms with Crippen molar-refractivity contribution in [2.75, 3.05) is 19.3 Å². The van der Waals surface area contributed by atoms with Crippen molar-refractivity contribution in [2.24, 2.45) is 0 Å². The average Bonchev–Trinajstić information content (AvgIpc) is 2.48. The maximum atomic E-state index is 12.6. The largest absolute Gasteiger partial charge is 0.481 e. The van der Waals surface area contributed by atoms with Gasteiger partial charge in [-0.3, -0.25) is 9.59 Å². The number of nitrogens with zero attached hydrogens (tertiary/aromatic N) is 2. The number of sulfonamides is 1. The maximum absolute atomic E-state index is 12.6. The fourth-order valence-corrected chi connectivity index (χ4v) is 4.08. The second-order valence-corrected chi connectivity index (χ2v) is 7.58. The Morgan fingerprint density at radius 2 is 1.83 bits per heavy atom. The number of amides is 1. The van der Waals surface area contributed by atoms with Crippen molar-refractivity contribution >= 4 is 21.9 Å². The lowest BCUT2D eigenvalue weighted by atomic mass is 10.0. The average molecular weight is 340 g/mol. The number of aliphatic carboxylic acids is 1. The number of carbonyl (C=O) groups excluding carboxylic acids is 1. The summed E-state index contributed by atoms with van der Waals surface area (Å²) >= 11 is 0. The Morgan fingerprint density at radius 1 is 1.22 bits per heavy atom. The molecule has 0 unspecified atom stereocenters. The molecule has 0 radical (unpaired) electrons. The van der Waals surface area contributed by atoms with E-state index in [0.717, 1.165) is 6.26 Å². The smallest absolute Gasteiger partial charge is 0.305 e. The van der Waals surface area contributed by atoms with Crippen LogP contribution in [0.15, 0.2) is 30.3 Å². The van der Waals surface area contributed by atoms with Crippen LogP contribution < -0.4 is 0 Å². The predicted molar refractivity (Wildman–Crippen MR) is 84.5 cm³/mol. The molecule has 1 N–H and O–H groups in total. The van der Waals surface area contributed by atoms with Crippen LogP contribution in [0, 0.1) is 0 Å². The monoisotopic (exact) mass is 340 g/mol. The lowest BCUT2D eigenvalue weighted by Crippen LogP contribution is -2.61. The summed E-state index contributed by atoms with van der Waals surface area (Å²) in [5.74, 6) is -1.31.